The van der Waals surface area contributed by atoms with Gasteiger partial charge >= 0.3 is 0 Å². The quantitative estimate of drug-likeness (QED) is 0.153. The van der Waals surface area contributed by atoms with Crippen molar-refractivity contribution in [3.8, 4) is 89.5 Å². The third kappa shape index (κ3) is 7.16. The summed E-state index contributed by atoms with van der Waals surface area (Å²) < 4.78 is 6.51. The summed E-state index contributed by atoms with van der Waals surface area (Å²) in [5, 5.41) is 4.58. The average molecular weight is 829 g/mol. The summed E-state index contributed by atoms with van der Waals surface area (Å²) in [6, 6.07) is 85.9. The molecule has 0 amide bonds. The van der Waals surface area contributed by atoms with Crippen LogP contribution in [-0.2, 0) is 0 Å². The van der Waals surface area contributed by atoms with Crippen molar-refractivity contribution in [1.29, 1.82) is 0 Å². The molecule has 0 N–H and O–H groups in total. The lowest BCUT2D eigenvalue weighted by Crippen LogP contribution is -1.99. The van der Waals surface area contributed by atoms with Crippen LogP contribution < -0.4 is 0 Å². The molecule has 0 atom stereocenters. The zero-order chi connectivity index (χ0) is 43.1. The zero-order valence-corrected chi connectivity index (χ0v) is 35.4. The summed E-state index contributed by atoms with van der Waals surface area (Å²) >= 11 is 0. The van der Waals surface area contributed by atoms with Gasteiger partial charge < -0.3 is 4.42 Å². The van der Waals surface area contributed by atoms with Crippen LogP contribution in [0.3, 0.4) is 0 Å². The van der Waals surface area contributed by atoms with Gasteiger partial charge in [0.2, 0.25) is 0 Å². The Bertz CT molecular complexity index is 3550. The van der Waals surface area contributed by atoms with Crippen LogP contribution in [0, 0.1) is 0 Å². The third-order valence-corrected chi connectivity index (χ3v) is 12.5. The minimum Gasteiger partial charge on any atom is -0.456 e. The molecule has 0 fully saturated rings. The van der Waals surface area contributed by atoms with Crippen molar-refractivity contribution in [3.05, 3.63) is 243 Å². The third-order valence-electron chi connectivity index (χ3n) is 12.5. The van der Waals surface area contributed by atoms with Gasteiger partial charge in [-0.2, -0.15) is 0 Å². The van der Waals surface area contributed by atoms with Crippen molar-refractivity contribution in [1.82, 2.24) is 9.97 Å². The highest BCUT2D eigenvalue weighted by molar-refractivity contribution is 6.19. The largest absolute Gasteiger partial charge is 0.456 e. The van der Waals surface area contributed by atoms with Crippen LogP contribution >= 0.6 is 0 Å². The van der Waals surface area contributed by atoms with Crippen LogP contribution in [-0.4, -0.2) is 9.97 Å². The molecule has 0 aliphatic carbocycles. The van der Waals surface area contributed by atoms with E-state index in [1.807, 2.05) is 6.07 Å². The van der Waals surface area contributed by atoms with Gasteiger partial charge in [0.1, 0.15) is 11.2 Å². The van der Waals surface area contributed by atoms with E-state index in [-0.39, 0.29) is 0 Å². The molecule has 304 valence electrons. The van der Waals surface area contributed by atoms with Crippen LogP contribution in [0.4, 0.5) is 0 Å². The number of hydrogen-bond acceptors (Lipinski definition) is 3. The Kier molecular flexibility index (Phi) is 9.50. The highest BCUT2D eigenvalue weighted by atomic mass is 16.3. The lowest BCUT2D eigenvalue weighted by Gasteiger charge is -2.20. The minimum absolute atomic E-state index is 0.660. The normalized spacial score (nSPS) is 11.4. The second kappa shape index (κ2) is 16.2. The summed E-state index contributed by atoms with van der Waals surface area (Å²) in [7, 11) is 0. The Labute approximate surface area is 377 Å². The molecule has 0 aliphatic heterocycles. The molecule has 2 heterocycles. The number of benzene rings is 10. The summed E-state index contributed by atoms with van der Waals surface area (Å²) in [6.07, 6.45) is 0. The van der Waals surface area contributed by atoms with Crippen LogP contribution in [0.2, 0.25) is 0 Å². The molecular formula is C62H40N2O. The van der Waals surface area contributed by atoms with Crippen LogP contribution in [0.25, 0.3) is 122 Å². The lowest BCUT2D eigenvalue weighted by atomic mass is 9.85. The first-order chi connectivity index (χ1) is 32.2. The van der Waals surface area contributed by atoms with E-state index >= 15 is 0 Å². The van der Waals surface area contributed by atoms with Crippen LogP contribution in [0.15, 0.2) is 247 Å². The number of fused-ring (bicyclic) bond motifs is 5. The summed E-state index contributed by atoms with van der Waals surface area (Å²) in [4.78, 5) is 10.8. The Hall–Kier alpha value is -8.66. The number of rotatable bonds is 8. The van der Waals surface area contributed by atoms with Crippen molar-refractivity contribution < 1.29 is 4.42 Å². The molecule has 0 unspecified atom stereocenters. The first-order valence-electron chi connectivity index (χ1n) is 22.0. The summed E-state index contributed by atoms with van der Waals surface area (Å²) in [6.45, 7) is 0. The monoisotopic (exact) mass is 828 g/mol. The van der Waals surface area contributed by atoms with Gasteiger partial charge in [-0.1, -0.05) is 206 Å². The Morgan fingerprint density at radius 1 is 0.277 bits per heavy atom. The fourth-order valence-electron chi connectivity index (χ4n) is 9.27. The maximum atomic E-state index is 6.51. The molecule has 2 aromatic heterocycles. The molecule has 12 aromatic rings. The van der Waals surface area contributed by atoms with Gasteiger partial charge in [-0.05, 0) is 103 Å². The van der Waals surface area contributed by atoms with E-state index in [1.54, 1.807) is 0 Å². The Morgan fingerprint density at radius 3 is 1.40 bits per heavy atom. The van der Waals surface area contributed by atoms with Crippen LogP contribution in [0.1, 0.15) is 0 Å². The maximum Gasteiger partial charge on any atom is 0.160 e. The van der Waals surface area contributed by atoms with Gasteiger partial charge in [0.15, 0.2) is 5.82 Å². The second-order valence-corrected chi connectivity index (χ2v) is 16.5. The first kappa shape index (κ1) is 38.0. The number of hydrogen-bond donors (Lipinski definition) is 0. The van der Waals surface area contributed by atoms with E-state index in [9.17, 15) is 0 Å². The fraction of sp³-hybridized carbons (Fsp3) is 0. The second-order valence-electron chi connectivity index (χ2n) is 16.5. The molecule has 3 nitrogen and oxygen atoms in total. The molecule has 3 heteroatoms. The highest BCUT2D eigenvalue weighted by Crippen LogP contribution is 2.46. The van der Waals surface area contributed by atoms with Gasteiger partial charge in [0, 0.05) is 27.5 Å². The number of aromatic nitrogens is 2. The fourth-order valence-corrected chi connectivity index (χ4v) is 9.27. The molecule has 12 rings (SSSR count). The van der Waals surface area contributed by atoms with E-state index < -0.39 is 0 Å². The topological polar surface area (TPSA) is 38.9 Å². The van der Waals surface area contributed by atoms with Gasteiger partial charge in [0.25, 0.3) is 0 Å². The lowest BCUT2D eigenvalue weighted by molar-refractivity contribution is 0.669. The van der Waals surface area contributed by atoms with E-state index in [2.05, 4.69) is 237 Å². The van der Waals surface area contributed by atoms with Crippen LogP contribution in [0.5, 0.6) is 0 Å². The smallest absolute Gasteiger partial charge is 0.160 e. The number of furan rings is 1. The predicted molar refractivity (Wildman–Crippen MR) is 270 cm³/mol. The average Bonchev–Trinajstić information content (AvgIpc) is 3.78. The van der Waals surface area contributed by atoms with E-state index in [0.717, 1.165) is 94.5 Å². The molecule has 65 heavy (non-hydrogen) atoms. The van der Waals surface area contributed by atoms with E-state index in [4.69, 9.17) is 14.4 Å². The molecule has 10 aromatic carbocycles. The molecular weight excluding hydrogens is 789 g/mol. The first-order valence-corrected chi connectivity index (χ1v) is 22.0. The molecule has 0 spiro atoms. The highest BCUT2D eigenvalue weighted by Gasteiger charge is 2.22. The van der Waals surface area contributed by atoms with Crippen molar-refractivity contribution >= 4 is 32.7 Å². The van der Waals surface area contributed by atoms with Gasteiger partial charge in [-0.25, -0.2) is 9.97 Å². The SMILES string of the molecule is c1ccc(-c2ccc(-c3cc(-c4cc(-c5ccccc5)cc(-c5ccc6oc7ccc8ccccc8c7c6c5)c4-c4ccccc4)nc(-c4ccc(-c5ccccc5)cc4)n3)cc2)cc1. The van der Waals surface area contributed by atoms with E-state index in [1.165, 1.54) is 21.9 Å². The van der Waals surface area contributed by atoms with Crippen molar-refractivity contribution in [2.24, 2.45) is 0 Å². The Morgan fingerprint density at radius 2 is 0.754 bits per heavy atom. The molecule has 0 radical (unpaired) electrons. The maximum absolute atomic E-state index is 6.51. The summed E-state index contributed by atoms with van der Waals surface area (Å²) in [5.41, 5.74) is 17.6. The van der Waals surface area contributed by atoms with Crippen molar-refractivity contribution in [3.63, 3.8) is 0 Å². The standard InChI is InChI=1S/C62H40N2O/c1-5-15-41(16-6-1)44-25-29-47(30-26-44)56-40-57(64-62(63-56)49-31-27-45(28-32-49)42-17-7-2-8-18-42)54-39-51(43-19-9-3-10-20-43)38-53(60(54)48-22-11-4-12-23-48)50-34-35-58-55(37-50)61-52-24-14-13-21-46(52)33-36-59(61)65-58/h1-40H. The van der Waals surface area contributed by atoms with Crippen molar-refractivity contribution in [2.45, 2.75) is 0 Å². The molecule has 0 saturated heterocycles. The molecule has 0 aliphatic rings. The van der Waals surface area contributed by atoms with E-state index in [0.29, 0.717) is 5.82 Å². The molecule has 0 saturated carbocycles. The van der Waals surface area contributed by atoms with Gasteiger partial charge in [-0.3, -0.25) is 0 Å². The van der Waals surface area contributed by atoms with Gasteiger partial charge in [0.05, 0.1) is 11.4 Å². The van der Waals surface area contributed by atoms with Gasteiger partial charge in [-0.15, -0.1) is 0 Å². The summed E-state index contributed by atoms with van der Waals surface area (Å²) in [5.74, 6) is 0.660. The minimum atomic E-state index is 0.660. The Balaban J connectivity index is 1.11. The zero-order valence-electron chi connectivity index (χ0n) is 35.4. The van der Waals surface area contributed by atoms with Crippen molar-refractivity contribution in [2.75, 3.05) is 0 Å². The molecule has 0 bridgehead atoms. The predicted octanol–water partition coefficient (Wildman–Crippen LogP) is 16.9. The number of nitrogens with zero attached hydrogens (tertiary/aromatic N) is 2.